The van der Waals surface area contributed by atoms with Crippen LogP contribution in [0.15, 0.2) is 0 Å². The third-order valence-corrected chi connectivity index (χ3v) is 3.66. The van der Waals surface area contributed by atoms with Crippen LogP contribution in [0.3, 0.4) is 0 Å². The second-order valence-electron chi connectivity index (χ2n) is 5.38. The number of carbonyl (C=O) groups excluding carboxylic acids is 2. The van der Waals surface area contributed by atoms with Crippen LogP contribution in [0.2, 0.25) is 0 Å². The highest BCUT2D eigenvalue weighted by atomic mass is 16.3. The summed E-state index contributed by atoms with van der Waals surface area (Å²) >= 11 is 0. The van der Waals surface area contributed by atoms with Crippen LogP contribution in [-0.2, 0) is 4.79 Å². The van der Waals surface area contributed by atoms with Gasteiger partial charge in [0.15, 0.2) is 0 Å². The van der Waals surface area contributed by atoms with Crippen molar-refractivity contribution >= 4 is 11.9 Å². The maximum Gasteiger partial charge on any atom is 0.324 e. The van der Waals surface area contributed by atoms with E-state index in [1.54, 1.807) is 4.90 Å². The van der Waals surface area contributed by atoms with Crippen molar-refractivity contribution in [3.05, 3.63) is 0 Å². The van der Waals surface area contributed by atoms with Crippen molar-refractivity contribution in [2.45, 2.75) is 31.3 Å². The lowest BCUT2D eigenvalue weighted by molar-refractivity contribution is -0.129. The zero-order valence-corrected chi connectivity index (χ0v) is 10.8. The highest BCUT2D eigenvalue weighted by Crippen LogP contribution is 2.29. The van der Waals surface area contributed by atoms with Crippen LogP contribution in [-0.4, -0.2) is 65.7 Å². The summed E-state index contributed by atoms with van der Waals surface area (Å²) in [5.74, 6) is -0.200. The van der Waals surface area contributed by atoms with E-state index >= 15 is 0 Å². The Bertz CT molecular complexity index is 339. The Balaban J connectivity index is 1.81. The molecule has 0 aromatic heterocycles. The van der Waals surface area contributed by atoms with Gasteiger partial charge in [0.05, 0.1) is 12.1 Å². The molecule has 0 aromatic carbocycles. The van der Waals surface area contributed by atoms with Gasteiger partial charge in [-0.15, -0.1) is 0 Å². The molecule has 0 radical (unpaired) electrons. The van der Waals surface area contributed by atoms with Gasteiger partial charge in [-0.1, -0.05) is 12.8 Å². The van der Waals surface area contributed by atoms with Crippen molar-refractivity contribution in [2.24, 2.45) is 0 Å². The summed E-state index contributed by atoms with van der Waals surface area (Å²) in [6.45, 7) is 1.64. The van der Waals surface area contributed by atoms with Crippen molar-refractivity contribution in [1.82, 2.24) is 15.1 Å². The molecule has 2 N–H and O–H groups in total. The third kappa shape index (κ3) is 3.00. The van der Waals surface area contributed by atoms with E-state index in [2.05, 4.69) is 5.32 Å². The smallest absolute Gasteiger partial charge is 0.324 e. The molecular formula is C12H21N3O3. The minimum absolute atomic E-state index is 0.176. The zero-order chi connectivity index (χ0) is 13.2. The number of nitrogens with zero attached hydrogens (tertiary/aromatic N) is 2. The summed E-state index contributed by atoms with van der Waals surface area (Å²) in [7, 11) is 1.81. The number of imide groups is 1. The zero-order valence-electron chi connectivity index (χ0n) is 10.8. The lowest BCUT2D eigenvalue weighted by Crippen LogP contribution is -2.45. The van der Waals surface area contributed by atoms with Crippen molar-refractivity contribution in [3.8, 4) is 0 Å². The van der Waals surface area contributed by atoms with Crippen molar-refractivity contribution in [2.75, 3.05) is 33.2 Å². The quantitative estimate of drug-likeness (QED) is 0.728. The average molecular weight is 255 g/mol. The number of hydrogen-bond acceptors (Lipinski definition) is 4. The van der Waals surface area contributed by atoms with E-state index in [9.17, 15) is 14.7 Å². The molecule has 2 aliphatic rings. The predicted octanol–water partition coefficient (Wildman–Crippen LogP) is -0.225. The third-order valence-electron chi connectivity index (χ3n) is 3.66. The first-order valence-electron chi connectivity index (χ1n) is 6.49. The van der Waals surface area contributed by atoms with Gasteiger partial charge in [0, 0.05) is 19.6 Å². The van der Waals surface area contributed by atoms with Crippen LogP contribution in [0.5, 0.6) is 0 Å². The summed E-state index contributed by atoms with van der Waals surface area (Å²) in [4.78, 5) is 26.3. The van der Waals surface area contributed by atoms with Gasteiger partial charge in [-0.3, -0.25) is 14.6 Å². The summed E-state index contributed by atoms with van der Waals surface area (Å²) in [5, 5.41) is 12.8. The van der Waals surface area contributed by atoms with Gasteiger partial charge in [0.25, 0.3) is 0 Å². The molecule has 0 spiro atoms. The number of carbonyl (C=O) groups is 2. The topological polar surface area (TPSA) is 72.9 Å². The Kier molecular flexibility index (Phi) is 3.87. The molecule has 0 bridgehead atoms. The van der Waals surface area contributed by atoms with Gasteiger partial charge in [0.2, 0.25) is 5.91 Å². The number of urea groups is 1. The Morgan fingerprint density at radius 3 is 2.72 bits per heavy atom. The van der Waals surface area contributed by atoms with E-state index in [1.165, 1.54) is 4.90 Å². The van der Waals surface area contributed by atoms with E-state index in [1.807, 2.05) is 7.05 Å². The molecule has 1 saturated heterocycles. The maximum atomic E-state index is 11.9. The van der Waals surface area contributed by atoms with Gasteiger partial charge >= 0.3 is 6.03 Å². The van der Waals surface area contributed by atoms with Crippen molar-refractivity contribution < 1.29 is 14.7 Å². The monoisotopic (exact) mass is 255 g/mol. The number of likely N-dealkylation sites (N-methyl/N-ethyl adjacent to an activating group) is 1. The van der Waals surface area contributed by atoms with Crippen LogP contribution in [0.25, 0.3) is 0 Å². The molecular weight excluding hydrogens is 234 g/mol. The lowest BCUT2D eigenvalue weighted by Gasteiger charge is -2.28. The van der Waals surface area contributed by atoms with E-state index in [0.717, 1.165) is 25.7 Å². The normalized spacial score (nSPS) is 22.6. The molecule has 1 heterocycles. The van der Waals surface area contributed by atoms with Crippen LogP contribution < -0.4 is 5.32 Å². The molecule has 18 heavy (non-hydrogen) atoms. The Hall–Kier alpha value is -1.14. The first kappa shape index (κ1) is 13.3. The number of nitrogens with one attached hydrogen (secondary N) is 1. The fourth-order valence-electron chi connectivity index (χ4n) is 2.78. The number of hydrogen-bond donors (Lipinski definition) is 2. The van der Waals surface area contributed by atoms with E-state index in [0.29, 0.717) is 19.6 Å². The van der Waals surface area contributed by atoms with Crippen LogP contribution in [0.1, 0.15) is 25.7 Å². The SMILES string of the molecule is CN(CC(=O)N1CCNC1=O)CC1(O)CCCC1. The van der Waals surface area contributed by atoms with Gasteiger partial charge in [-0.05, 0) is 19.9 Å². The fraction of sp³-hybridized carbons (Fsp3) is 0.833. The molecule has 0 atom stereocenters. The summed E-state index contributed by atoms with van der Waals surface area (Å²) in [5.41, 5.74) is -0.650. The number of rotatable bonds is 4. The first-order valence-corrected chi connectivity index (χ1v) is 6.49. The highest BCUT2D eigenvalue weighted by molar-refractivity contribution is 5.96. The van der Waals surface area contributed by atoms with Gasteiger partial charge in [-0.25, -0.2) is 4.79 Å². The average Bonchev–Trinajstić information content (AvgIpc) is 2.87. The fourth-order valence-corrected chi connectivity index (χ4v) is 2.78. The first-order chi connectivity index (χ1) is 8.50. The second-order valence-corrected chi connectivity index (χ2v) is 5.38. The highest BCUT2D eigenvalue weighted by Gasteiger charge is 2.33. The molecule has 1 saturated carbocycles. The van der Waals surface area contributed by atoms with E-state index in [4.69, 9.17) is 0 Å². The van der Waals surface area contributed by atoms with Gasteiger partial charge in [0.1, 0.15) is 0 Å². The van der Waals surface area contributed by atoms with Gasteiger partial charge in [-0.2, -0.15) is 0 Å². The Morgan fingerprint density at radius 2 is 2.17 bits per heavy atom. The molecule has 6 nitrogen and oxygen atoms in total. The van der Waals surface area contributed by atoms with Crippen LogP contribution in [0, 0.1) is 0 Å². The predicted molar refractivity (Wildman–Crippen MR) is 66.0 cm³/mol. The molecule has 0 aromatic rings. The minimum Gasteiger partial charge on any atom is -0.389 e. The molecule has 3 amide bonds. The number of amides is 3. The Morgan fingerprint density at radius 1 is 1.50 bits per heavy atom. The molecule has 0 unspecified atom stereocenters. The molecule has 1 aliphatic carbocycles. The standard InChI is InChI=1S/C12H21N3O3/c1-14(9-12(18)4-2-3-5-12)8-10(16)15-7-6-13-11(15)17/h18H,2-9H2,1H3,(H,13,17). The molecule has 2 fully saturated rings. The van der Waals surface area contributed by atoms with E-state index in [-0.39, 0.29) is 18.5 Å². The van der Waals surface area contributed by atoms with Crippen LogP contribution in [0.4, 0.5) is 4.79 Å². The summed E-state index contributed by atoms with van der Waals surface area (Å²) < 4.78 is 0. The number of aliphatic hydroxyl groups is 1. The second kappa shape index (κ2) is 5.24. The van der Waals surface area contributed by atoms with Crippen LogP contribution >= 0.6 is 0 Å². The van der Waals surface area contributed by atoms with Crippen molar-refractivity contribution in [1.29, 1.82) is 0 Å². The van der Waals surface area contributed by atoms with Crippen molar-refractivity contribution in [3.63, 3.8) is 0 Å². The van der Waals surface area contributed by atoms with Gasteiger partial charge < -0.3 is 10.4 Å². The molecule has 6 heteroatoms. The molecule has 2 rings (SSSR count). The Labute approximate surface area is 107 Å². The summed E-state index contributed by atoms with van der Waals surface area (Å²) in [6, 6.07) is -0.312. The minimum atomic E-state index is -0.650. The van der Waals surface area contributed by atoms with E-state index < -0.39 is 5.60 Å². The lowest BCUT2D eigenvalue weighted by atomic mass is 10.0. The molecule has 1 aliphatic heterocycles. The largest absolute Gasteiger partial charge is 0.389 e. The summed E-state index contributed by atoms with van der Waals surface area (Å²) in [6.07, 6.45) is 3.70. The molecule has 102 valence electrons. The maximum absolute atomic E-state index is 11.9.